The summed E-state index contributed by atoms with van der Waals surface area (Å²) < 4.78 is 2.31. The zero-order valence-electron chi connectivity index (χ0n) is 13.9. The van der Waals surface area contributed by atoms with E-state index in [0.29, 0.717) is 19.1 Å². The molecule has 1 atom stereocenters. The van der Waals surface area contributed by atoms with E-state index in [9.17, 15) is 9.90 Å². The fraction of sp³-hybridized carbons (Fsp3) is 0.706. The minimum absolute atomic E-state index is 0.157. The van der Waals surface area contributed by atoms with Gasteiger partial charge < -0.3 is 9.67 Å². The second-order valence-corrected chi connectivity index (χ2v) is 6.68. The van der Waals surface area contributed by atoms with Crippen LogP contribution < -0.4 is 0 Å². The molecule has 0 spiro atoms. The zero-order valence-corrected chi connectivity index (χ0v) is 13.9. The van der Waals surface area contributed by atoms with Crippen LogP contribution in [-0.2, 0) is 0 Å². The van der Waals surface area contributed by atoms with Crippen LogP contribution in [0.5, 0.6) is 0 Å². The summed E-state index contributed by atoms with van der Waals surface area (Å²) in [5.41, 5.74) is 3.13. The summed E-state index contributed by atoms with van der Waals surface area (Å²) in [6.07, 6.45) is 2.04. The van der Waals surface area contributed by atoms with E-state index >= 15 is 0 Å². The minimum atomic E-state index is -0.418. The maximum Gasteiger partial charge on any atom is 0.178 e. The number of aryl methyl sites for hydroxylation is 1. The highest BCUT2D eigenvalue weighted by Gasteiger charge is 2.28. The van der Waals surface area contributed by atoms with E-state index in [1.165, 1.54) is 18.5 Å². The maximum atomic E-state index is 12.6. The first kappa shape index (κ1) is 16.2. The third-order valence-corrected chi connectivity index (χ3v) is 4.27. The predicted molar refractivity (Wildman–Crippen MR) is 84.9 cm³/mol. The van der Waals surface area contributed by atoms with E-state index in [0.717, 1.165) is 11.3 Å². The van der Waals surface area contributed by atoms with Crippen molar-refractivity contribution in [3.8, 4) is 0 Å². The van der Waals surface area contributed by atoms with Crippen LogP contribution in [0.2, 0.25) is 0 Å². The molecule has 1 unspecified atom stereocenters. The molecule has 118 valence electrons. The van der Waals surface area contributed by atoms with Crippen molar-refractivity contribution in [2.45, 2.75) is 65.6 Å². The molecule has 1 aromatic rings. The third kappa shape index (κ3) is 3.74. The number of hydrogen-bond donors (Lipinski definition) is 1. The van der Waals surface area contributed by atoms with Gasteiger partial charge >= 0.3 is 0 Å². The smallest absolute Gasteiger partial charge is 0.178 e. The standard InChI is InChI=1S/C17H28N2O2/c1-11(2)18(9-13(4)20)10-17(21)16-8-12(3)19(14(16)5)15-6-7-15/h8,11,13,15,20H,6-7,9-10H2,1-5H3. The number of rotatable bonds is 7. The normalized spacial score (nSPS) is 16.8. The highest BCUT2D eigenvalue weighted by atomic mass is 16.3. The molecule has 0 radical (unpaired) electrons. The van der Waals surface area contributed by atoms with E-state index in [1.807, 2.05) is 17.9 Å². The van der Waals surface area contributed by atoms with E-state index < -0.39 is 6.10 Å². The maximum absolute atomic E-state index is 12.6. The van der Waals surface area contributed by atoms with Gasteiger partial charge in [-0.1, -0.05) is 0 Å². The molecule has 1 N–H and O–H groups in total. The lowest BCUT2D eigenvalue weighted by molar-refractivity contribution is 0.0798. The van der Waals surface area contributed by atoms with E-state index in [4.69, 9.17) is 0 Å². The fourth-order valence-corrected chi connectivity index (χ4v) is 3.02. The number of nitrogens with zero attached hydrogens (tertiary/aromatic N) is 2. The van der Waals surface area contributed by atoms with Crippen molar-refractivity contribution < 1.29 is 9.90 Å². The molecule has 0 aliphatic heterocycles. The van der Waals surface area contributed by atoms with E-state index in [2.05, 4.69) is 25.3 Å². The fourth-order valence-electron chi connectivity index (χ4n) is 3.02. The van der Waals surface area contributed by atoms with Crippen LogP contribution in [0.1, 0.15) is 61.4 Å². The summed E-state index contributed by atoms with van der Waals surface area (Å²) in [6.45, 7) is 10.9. The Bertz CT molecular complexity index is 513. The van der Waals surface area contributed by atoms with Crippen LogP contribution in [0.25, 0.3) is 0 Å². The lowest BCUT2D eigenvalue weighted by atomic mass is 10.1. The number of carbonyl (C=O) groups is 1. The first-order valence-corrected chi connectivity index (χ1v) is 7.95. The Hall–Kier alpha value is -1.13. The molecule has 1 aromatic heterocycles. The third-order valence-electron chi connectivity index (χ3n) is 4.27. The van der Waals surface area contributed by atoms with Gasteiger partial charge in [-0.2, -0.15) is 0 Å². The monoisotopic (exact) mass is 292 g/mol. The number of aromatic nitrogens is 1. The number of carbonyl (C=O) groups excluding carboxylic acids is 1. The quantitative estimate of drug-likeness (QED) is 0.786. The van der Waals surface area contributed by atoms with Crippen LogP contribution >= 0.6 is 0 Å². The molecule has 4 nitrogen and oxygen atoms in total. The summed E-state index contributed by atoms with van der Waals surface area (Å²) in [7, 11) is 0. The largest absolute Gasteiger partial charge is 0.392 e. The van der Waals surface area contributed by atoms with E-state index in [1.54, 1.807) is 6.92 Å². The summed E-state index contributed by atoms with van der Waals surface area (Å²) in [5.74, 6) is 0.157. The summed E-state index contributed by atoms with van der Waals surface area (Å²) in [4.78, 5) is 14.7. The summed E-state index contributed by atoms with van der Waals surface area (Å²) in [6, 6.07) is 2.87. The van der Waals surface area contributed by atoms with Gasteiger partial charge in [0.05, 0.1) is 12.6 Å². The molecule has 1 aliphatic rings. The van der Waals surface area contributed by atoms with Gasteiger partial charge in [-0.25, -0.2) is 0 Å². The first-order valence-electron chi connectivity index (χ1n) is 7.95. The molecule has 2 rings (SSSR count). The second-order valence-electron chi connectivity index (χ2n) is 6.68. The molecule has 1 saturated carbocycles. The zero-order chi connectivity index (χ0) is 15.7. The predicted octanol–water partition coefficient (Wildman–Crippen LogP) is 2.71. The van der Waals surface area contributed by atoms with Gasteiger partial charge in [0.15, 0.2) is 5.78 Å². The van der Waals surface area contributed by atoms with Crippen LogP contribution in [0.15, 0.2) is 6.07 Å². The van der Waals surface area contributed by atoms with Crippen LogP contribution in [0.4, 0.5) is 0 Å². The topological polar surface area (TPSA) is 45.5 Å². The summed E-state index contributed by atoms with van der Waals surface area (Å²) in [5, 5.41) is 9.58. The highest BCUT2D eigenvalue weighted by Crippen LogP contribution is 2.38. The van der Waals surface area contributed by atoms with Crippen LogP contribution in [-0.4, -0.2) is 45.6 Å². The van der Waals surface area contributed by atoms with Crippen LogP contribution in [0.3, 0.4) is 0 Å². The van der Waals surface area contributed by atoms with Gasteiger partial charge in [-0.3, -0.25) is 9.69 Å². The molecule has 0 aromatic carbocycles. The second kappa shape index (κ2) is 6.32. The molecular formula is C17H28N2O2. The number of ketones is 1. The number of aliphatic hydroxyl groups excluding tert-OH is 1. The van der Waals surface area contributed by atoms with Crippen molar-refractivity contribution in [1.82, 2.24) is 9.47 Å². The van der Waals surface area contributed by atoms with Gasteiger partial charge in [0.25, 0.3) is 0 Å². The molecular weight excluding hydrogens is 264 g/mol. The van der Waals surface area contributed by atoms with Gasteiger partial charge in [0.1, 0.15) is 0 Å². The lowest BCUT2D eigenvalue weighted by Gasteiger charge is -2.26. The molecule has 1 fully saturated rings. The van der Waals surface area contributed by atoms with Crippen molar-refractivity contribution in [3.63, 3.8) is 0 Å². The molecule has 1 heterocycles. The van der Waals surface area contributed by atoms with Gasteiger partial charge in [0, 0.05) is 35.6 Å². The molecule has 4 heteroatoms. The van der Waals surface area contributed by atoms with Crippen molar-refractivity contribution >= 4 is 5.78 Å². The summed E-state index contributed by atoms with van der Waals surface area (Å²) >= 11 is 0. The highest BCUT2D eigenvalue weighted by molar-refractivity contribution is 5.99. The molecule has 0 bridgehead atoms. The SMILES string of the molecule is Cc1cc(C(=O)CN(CC(C)O)C(C)C)c(C)n1C1CC1. The van der Waals surface area contributed by atoms with Crippen LogP contribution in [0, 0.1) is 13.8 Å². The molecule has 21 heavy (non-hydrogen) atoms. The van der Waals surface area contributed by atoms with Crippen molar-refractivity contribution in [1.29, 1.82) is 0 Å². The van der Waals surface area contributed by atoms with Crippen molar-refractivity contribution in [3.05, 3.63) is 23.0 Å². The molecule has 0 saturated heterocycles. The average molecular weight is 292 g/mol. The number of hydrogen-bond acceptors (Lipinski definition) is 3. The molecule has 0 amide bonds. The lowest BCUT2D eigenvalue weighted by Crippen LogP contribution is -2.40. The Labute approximate surface area is 127 Å². The van der Waals surface area contributed by atoms with Gasteiger partial charge in [-0.15, -0.1) is 0 Å². The average Bonchev–Trinajstić information content (AvgIpc) is 3.14. The van der Waals surface area contributed by atoms with Crippen molar-refractivity contribution in [2.24, 2.45) is 0 Å². The van der Waals surface area contributed by atoms with Crippen molar-refractivity contribution in [2.75, 3.05) is 13.1 Å². The van der Waals surface area contributed by atoms with Gasteiger partial charge in [-0.05, 0) is 53.5 Å². The Morgan fingerprint density at radius 1 is 1.38 bits per heavy atom. The number of Topliss-reactive ketones (excluding diaryl/α,β-unsaturated/α-hetero) is 1. The Morgan fingerprint density at radius 3 is 2.48 bits per heavy atom. The van der Waals surface area contributed by atoms with Gasteiger partial charge in [0.2, 0.25) is 0 Å². The number of aliphatic hydroxyl groups is 1. The Balaban J connectivity index is 2.14. The first-order chi connectivity index (χ1) is 9.81. The Kier molecular flexibility index (Phi) is 4.89. The Morgan fingerprint density at radius 2 is 2.00 bits per heavy atom. The molecule has 1 aliphatic carbocycles. The van der Waals surface area contributed by atoms with E-state index in [-0.39, 0.29) is 11.8 Å². The minimum Gasteiger partial charge on any atom is -0.392 e.